The Morgan fingerprint density at radius 2 is 1.88 bits per heavy atom. The molecule has 5 nitrogen and oxygen atoms in total. The Labute approximate surface area is 144 Å². The molecule has 2 aliphatic heterocycles. The lowest BCUT2D eigenvalue weighted by Crippen LogP contribution is -2.18. The maximum atomic E-state index is 12.8. The summed E-state index contributed by atoms with van der Waals surface area (Å²) in [4.78, 5) is 12.8. The molecule has 0 bridgehead atoms. The Morgan fingerprint density at radius 1 is 1.12 bits per heavy atom. The van der Waals surface area contributed by atoms with Gasteiger partial charge in [-0.1, -0.05) is 29.8 Å². The van der Waals surface area contributed by atoms with Crippen LogP contribution in [-0.4, -0.2) is 30.8 Å². The first kappa shape index (κ1) is 15.0. The molecule has 0 aromatic heterocycles. The van der Waals surface area contributed by atoms with E-state index in [1.807, 2.05) is 36.4 Å². The molecule has 122 valence electrons. The van der Waals surface area contributed by atoms with E-state index in [-0.39, 0.29) is 11.9 Å². The fourth-order valence-corrected chi connectivity index (χ4v) is 3.44. The van der Waals surface area contributed by atoms with Crippen LogP contribution in [0.15, 0.2) is 41.5 Å². The van der Waals surface area contributed by atoms with Crippen molar-refractivity contribution in [3.8, 4) is 11.5 Å². The van der Waals surface area contributed by atoms with E-state index in [0.717, 1.165) is 16.8 Å². The number of rotatable bonds is 3. The number of benzene rings is 2. The van der Waals surface area contributed by atoms with Crippen LogP contribution in [0.3, 0.4) is 0 Å². The van der Waals surface area contributed by atoms with Crippen molar-refractivity contribution in [3.63, 3.8) is 0 Å². The summed E-state index contributed by atoms with van der Waals surface area (Å²) >= 11 is 5.94. The van der Waals surface area contributed by atoms with Gasteiger partial charge in [-0.15, -0.1) is 0 Å². The number of hydrogen-bond acceptors (Lipinski definition) is 4. The molecule has 0 radical (unpaired) electrons. The molecule has 2 aromatic carbocycles. The average Bonchev–Trinajstić information content (AvgIpc) is 3.14. The van der Waals surface area contributed by atoms with Crippen molar-refractivity contribution >= 4 is 23.2 Å². The SMILES string of the molecule is COc1ccc2c(c1OC)C(=O)N1N=C(c3ccc(Cl)cc3)C[C@H]21. The highest BCUT2D eigenvalue weighted by Gasteiger charge is 2.44. The van der Waals surface area contributed by atoms with Gasteiger partial charge in [0.1, 0.15) is 0 Å². The molecule has 0 aliphatic carbocycles. The maximum Gasteiger partial charge on any atom is 0.278 e. The molecule has 0 spiro atoms. The number of methoxy groups -OCH3 is 2. The molecular formula is C18H15ClN2O3. The van der Waals surface area contributed by atoms with Gasteiger partial charge in [0.15, 0.2) is 11.5 Å². The number of nitrogens with zero attached hydrogens (tertiary/aromatic N) is 2. The first-order chi connectivity index (χ1) is 11.6. The van der Waals surface area contributed by atoms with Gasteiger partial charge in [0.05, 0.1) is 31.5 Å². The van der Waals surface area contributed by atoms with Crippen LogP contribution in [0.2, 0.25) is 5.02 Å². The Balaban J connectivity index is 1.74. The van der Waals surface area contributed by atoms with Crippen LogP contribution in [0.5, 0.6) is 11.5 Å². The first-order valence-corrected chi connectivity index (χ1v) is 7.93. The van der Waals surface area contributed by atoms with Gasteiger partial charge in [-0.3, -0.25) is 4.79 Å². The predicted octanol–water partition coefficient (Wildman–Crippen LogP) is 3.66. The van der Waals surface area contributed by atoms with Crippen LogP contribution in [0.1, 0.15) is 33.9 Å². The maximum absolute atomic E-state index is 12.8. The van der Waals surface area contributed by atoms with Crippen LogP contribution in [-0.2, 0) is 0 Å². The second kappa shape index (κ2) is 5.53. The number of carbonyl (C=O) groups is 1. The summed E-state index contributed by atoms with van der Waals surface area (Å²) in [6.45, 7) is 0. The van der Waals surface area contributed by atoms with E-state index >= 15 is 0 Å². The lowest BCUT2D eigenvalue weighted by atomic mass is 9.97. The number of carbonyl (C=O) groups excluding carboxylic acids is 1. The van der Waals surface area contributed by atoms with E-state index in [1.54, 1.807) is 7.11 Å². The smallest absolute Gasteiger partial charge is 0.278 e. The Bertz CT molecular complexity index is 861. The molecule has 2 aromatic rings. The minimum atomic E-state index is -0.158. The molecule has 1 atom stereocenters. The molecule has 0 N–H and O–H groups in total. The van der Waals surface area contributed by atoms with Crippen LogP contribution in [0.25, 0.3) is 0 Å². The molecule has 6 heteroatoms. The third-order valence-corrected chi connectivity index (χ3v) is 4.70. The molecule has 0 fully saturated rings. The number of halogens is 1. The van der Waals surface area contributed by atoms with E-state index in [9.17, 15) is 4.79 Å². The summed E-state index contributed by atoms with van der Waals surface area (Å²) in [6, 6.07) is 11.1. The number of amides is 1. The van der Waals surface area contributed by atoms with Crippen LogP contribution < -0.4 is 9.47 Å². The zero-order valence-corrected chi connectivity index (χ0v) is 14.0. The first-order valence-electron chi connectivity index (χ1n) is 7.56. The third-order valence-electron chi connectivity index (χ3n) is 4.45. The molecule has 0 unspecified atom stereocenters. The lowest BCUT2D eigenvalue weighted by molar-refractivity contribution is 0.0753. The second-order valence-electron chi connectivity index (χ2n) is 5.69. The normalized spacial score (nSPS) is 18.3. The number of hydrazone groups is 1. The third kappa shape index (κ3) is 2.08. The second-order valence-corrected chi connectivity index (χ2v) is 6.12. The van der Waals surface area contributed by atoms with Gasteiger partial charge in [0.25, 0.3) is 5.91 Å². The van der Waals surface area contributed by atoms with Gasteiger partial charge in [0, 0.05) is 11.4 Å². The van der Waals surface area contributed by atoms with Crippen molar-refractivity contribution in [1.82, 2.24) is 5.01 Å². The van der Waals surface area contributed by atoms with E-state index < -0.39 is 0 Å². The Morgan fingerprint density at radius 3 is 2.54 bits per heavy atom. The summed E-state index contributed by atoms with van der Waals surface area (Å²) < 4.78 is 10.7. The predicted molar refractivity (Wildman–Crippen MR) is 91.1 cm³/mol. The summed E-state index contributed by atoms with van der Waals surface area (Å²) in [5.41, 5.74) is 3.32. The van der Waals surface area contributed by atoms with Crippen molar-refractivity contribution in [2.75, 3.05) is 14.2 Å². The van der Waals surface area contributed by atoms with Crippen molar-refractivity contribution in [2.24, 2.45) is 5.10 Å². The molecule has 1 amide bonds. The van der Waals surface area contributed by atoms with E-state index in [4.69, 9.17) is 21.1 Å². The Kier molecular flexibility index (Phi) is 3.46. The van der Waals surface area contributed by atoms with Crippen molar-refractivity contribution in [2.45, 2.75) is 12.5 Å². The zero-order valence-electron chi connectivity index (χ0n) is 13.2. The minimum Gasteiger partial charge on any atom is -0.493 e. The number of hydrogen-bond donors (Lipinski definition) is 0. The summed E-state index contributed by atoms with van der Waals surface area (Å²) in [5, 5.41) is 6.75. The highest BCUT2D eigenvalue weighted by molar-refractivity contribution is 6.30. The summed E-state index contributed by atoms with van der Waals surface area (Å²) in [6.07, 6.45) is 0.663. The van der Waals surface area contributed by atoms with E-state index in [2.05, 4.69) is 5.10 Å². The largest absolute Gasteiger partial charge is 0.493 e. The van der Waals surface area contributed by atoms with Crippen LogP contribution >= 0.6 is 11.6 Å². The average molecular weight is 343 g/mol. The molecule has 4 rings (SSSR count). The molecule has 2 heterocycles. The fourth-order valence-electron chi connectivity index (χ4n) is 3.31. The monoisotopic (exact) mass is 342 g/mol. The van der Waals surface area contributed by atoms with E-state index in [0.29, 0.717) is 28.5 Å². The fraction of sp³-hybridized carbons (Fsp3) is 0.222. The number of ether oxygens (including phenoxy) is 2. The minimum absolute atomic E-state index is 0.0991. The van der Waals surface area contributed by atoms with Gasteiger partial charge in [-0.2, -0.15) is 5.10 Å². The van der Waals surface area contributed by atoms with Gasteiger partial charge >= 0.3 is 0 Å². The Hall–Kier alpha value is -2.53. The van der Waals surface area contributed by atoms with Gasteiger partial charge in [-0.25, -0.2) is 5.01 Å². The van der Waals surface area contributed by atoms with Crippen molar-refractivity contribution in [3.05, 3.63) is 58.1 Å². The summed E-state index contributed by atoms with van der Waals surface area (Å²) in [7, 11) is 3.10. The highest BCUT2D eigenvalue weighted by atomic mass is 35.5. The van der Waals surface area contributed by atoms with Gasteiger partial charge in [-0.05, 0) is 29.3 Å². The summed E-state index contributed by atoms with van der Waals surface area (Å²) in [5.74, 6) is 0.861. The van der Waals surface area contributed by atoms with Gasteiger partial charge in [0.2, 0.25) is 0 Å². The lowest BCUT2D eigenvalue weighted by Gasteiger charge is -2.12. The van der Waals surface area contributed by atoms with Gasteiger partial charge < -0.3 is 9.47 Å². The number of fused-ring (bicyclic) bond motifs is 3. The van der Waals surface area contributed by atoms with E-state index in [1.165, 1.54) is 12.1 Å². The topological polar surface area (TPSA) is 51.1 Å². The molecule has 24 heavy (non-hydrogen) atoms. The standard InChI is InChI=1S/C18H15ClN2O3/c1-23-15-8-7-12-14-9-13(10-3-5-11(19)6-4-10)20-21(14)18(22)16(12)17(15)24-2/h3-8,14H,9H2,1-2H3/t14-/m1/s1. The zero-order chi connectivity index (χ0) is 16.8. The van der Waals surface area contributed by atoms with Crippen LogP contribution in [0.4, 0.5) is 0 Å². The molecular weight excluding hydrogens is 328 g/mol. The quantitative estimate of drug-likeness (QED) is 0.855. The highest BCUT2D eigenvalue weighted by Crippen LogP contribution is 2.47. The molecule has 0 saturated carbocycles. The van der Waals surface area contributed by atoms with Crippen molar-refractivity contribution < 1.29 is 14.3 Å². The van der Waals surface area contributed by atoms with Crippen LogP contribution in [0, 0.1) is 0 Å². The molecule has 2 aliphatic rings. The molecule has 0 saturated heterocycles. The van der Waals surface area contributed by atoms with Crippen molar-refractivity contribution in [1.29, 1.82) is 0 Å².